The maximum atomic E-state index is 13.6. The molecule has 0 N–H and O–H groups in total. The van der Waals surface area contributed by atoms with Gasteiger partial charge in [0.2, 0.25) is 0 Å². The topological polar surface area (TPSA) is 75.8 Å². The van der Waals surface area contributed by atoms with Gasteiger partial charge in [-0.2, -0.15) is 5.26 Å². The highest BCUT2D eigenvalue weighted by Crippen LogP contribution is 2.27. The zero-order valence-corrected chi connectivity index (χ0v) is 17.6. The molecule has 0 atom stereocenters. The Hall–Kier alpha value is -3.56. The highest BCUT2D eigenvalue weighted by atomic mass is 16.2. The third-order valence-corrected chi connectivity index (χ3v) is 6.15. The third-order valence-electron chi connectivity index (χ3n) is 6.15. The normalized spacial score (nSPS) is 15.2. The number of carbonyl (C=O) groups excluding carboxylic acids is 1. The van der Waals surface area contributed by atoms with Crippen molar-refractivity contribution >= 4 is 5.91 Å². The van der Waals surface area contributed by atoms with Gasteiger partial charge in [0.05, 0.1) is 37.3 Å². The number of piperidine rings is 1. The van der Waals surface area contributed by atoms with Crippen LogP contribution in [0.2, 0.25) is 0 Å². The number of hydrogen-bond acceptors (Lipinski definition) is 4. The highest BCUT2D eigenvalue weighted by Gasteiger charge is 2.36. The number of quaternary nitrogens is 1. The Balaban J connectivity index is 1.92. The van der Waals surface area contributed by atoms with E-state index in [1.165, 1.54) is 0 Å². The number of aromatic nitrogens is 2. The van der Waals surface area contributed by atoms with E-state index < -0.39 is 0 Å². The second-order valence-electron chi connectivity index (χ2n) is 8.10. The SMILES string of the molecule is CC(=O)[N+]1(Cn2cc(-c3ccccn3)cc(-c3ccccc3C#N)c2=O)CCCCC1. The zero-order valence-electron chi connectivity index (χ0n) is 17.6. The van der Waals surface area contributed by atoms with Crippen LogP contribution in [0, 0.1) is 11.3 Å². The lowest BCUT2D eigenvalue weighted by atomic mass is 9.99. The summed E-state index contributed by atoms with van der Waals surface area (Å²) in [5, 5.41) is 9.58. The molecule has 156 valence electrons. The number of nitrogens with zero attached hydrogens (tertiary/aromatic N) is 4. The molecule has 1 aliphatic heterocycles. The van der Waals surface area contributed by atoms with Gasteiger partial charge in [0.15, 0.2) is 6.67 Å². The van der Waals surface area contributed by atoms with E-state index in [0.29, 0.717) is 16.7 Å². The van der Waals surface area contributed by atoms with Crippen LogP contribution in [0.3, 0.4) is 0 Å². The van der Waals surface area contributed by atoms with Crippen LogP contribution in [0.5, 0.6) is 0 Å². The molecule has 0 saturated carbocycles. The van der Waals surface area contributed by atoms with E-state index in [1.54, 1.807) is 48.1 Å². The molecule has 0 unspecified atom stereocenters. The van der Waals surface area contributed by atoms with Crippen LogP contribution >= 0.6 is 0 Å². The monoisotopic (exact) mass is 413 g/mol. The van der Waals surface area contributed by atoms with Crippen molar-refractivity contribution in [1.82, 2.24) is 9.55 Å². The first kappa shape index (κ1) is 20.7. The first-order valence-electron chi connectivity index (χ1n) is 10.6. The van der Waals surface area contributed by atoms with Crippen molar-refractivity contribution in [3.63, 3.8) is 0 Å². The van der Waals surface area contributed by atoms with Crippen LogP contribution in [-0.4, -0.2) is 33.0 Å². The summed E-state index contributed by atoms with van der Waals surface area (Å²) in [6, 6.07) is 16.7. The molecule has 2 aromatic heterocycles. The number of benzene rings is 1. The van der Waals surface area contributed by atoms with Gasteiger partial charge in [0.25, 0.3) is 5.56 Å². The molecule has 0 radical (unpaired) electrons. The average molecular weight is 414 g/mol. The number of carbonyl (C=O) groups is 1. The number of likely N-dealkylation sites (tertiary alicyclic amines) is 1. The quantitative estimate of drug-likeness (QED) is 0.607. The van der Waals surface area contributed by atoms with Gasteiger partial charge >= 0.3 is 5.91 Å². The number of amides is 1. The van der Waals surface area contributed by atoms with Crippen LogP contribution in [0.25, 0.3) is 22.4 Å². The molecule has 31 heavy (non-hydrogen) atoms. The van der Waals surface area contributed by atoms with E-state index in [-0.39, 0.29) is 22.6 Å². The molecule has 0 aliphatic carbocycles. The van der Waals surface area contributed by atoms with Crippen LogP contribution in [-0.2, 0) is 11.5 Å². The summed E-state index contributed by atoms with van der Waals surface area (Å²) < 4.78 is 1.91. The molecule has 1 aliphatic rings. The smallest absolute Gasteiger partial charge is 0.268 e. The fourth-order valence-electron chi connectivity index (χ4n) is 4.39. The molecular formula is C25H25N4O2+. The molecule has 1 amide bonds. The Morgan fingerprint density at radius 2 is 1.84 bits per heavy atom. The summed E-state index contributed by atoms with van der Waals surface area (Å²) in [4.78, 5) is 30.7. The molecule has 4 rings (SSSR count). The Labute approximate surface area is 181 Å². The lowest BCUT2D eigenvalue weighted by Crippen LogP contribution is -2.56. The second kappa shape index (κ2) is 8.66. The van der Waals surface area contributed by atoms with Gasteiger partial charge in [-0.25, -0.2) is 9.28 Å². The van der Waals surface area contributed by atoms with Crippen molar-refractivity contribution in [3.8, 4) is 28.5 Å². The van der Waals surface area contributed by atoms with E-state index >= 15 is 0 Å². The zero-order chi connectivity index (χ0) is 21.8. The fourth-order valence-corrected chi connectivity index (χ4v) is 4.39. The first-order chi connectivity index (χ1) is 15.0. The van der Waals surface area contributed by atoms with Gasteiger partial charge < -0.3 is 0 Å². The molecule has 6 heteroatoms. The maximum absolute atomic E-state index is 13.6. The summed E-state index contributed by atoms with van der Waals surface area (Å²) in [5.41, 5.74) is 2.79. The molecule has 0 bridgehead atoms. The van der Waals surface area contributed by atoms with E-state index in [4.69, 9.17) is 0 Å². The molecule has 3 aromatic rings. The van der Waals surface area contributed by atoms with Crippen LogP contribution < -0.4 is 5.56 Å². The lowest BCUT2D eigenvalue weighted by Gasteiger charge is -2.38. The predicted molar refractivity (Wildman–Crippen MR) is 119 cm³/mol. The fraction of sp³-hybridized carbons (Fsp3) is 0.280. The van der Waals surface area contributed by atoms with Crippen molar-refractivity contribution in [3.05, 3.63) is 76.8 Å². The average Bonchev–Trinajstić information content (AvgIpc) is 2.81. The van der Waals surface area contributed by atoms with Crippen LogP contribution in [0.4, 0.5) is 0 Å². The Kier molecular flexibility index (Phi) is 5.79. The highest BCUT2D eigenvalue weighted by molar-refractivity contribution is 5.74. The van der Waals surface area contributed by atoms with Crippen molar-refractivity contribution in [2.45, 2.75) is 32.9 Å². The molecular weight excluding hydrogens is 388 g/mol. The van der Waals surface area contributed by atoms with Gasteiger partial charge in [-0.15, -0.1) is 0 Å². The molecule has 1 fully saturated rings. The molecule has 1 aromatic carbocycles. The minimum Gasteiger partial charge on any atom is -0.268 e. The summed E-state index contributed by atoms with van der Waals surface area (Å²) in [5.74, 6) is 0.0776. The van der Waals surface area contributed by atoms with Gasteiger partial charge in [-0.3, -0.25) is 14.3 Å². The summed E-state index contributed by atoms with van der Waals surface area (Å²) in [7, 11) is 0. The largest absolute Gasteiger partial charge is 0.312 e. The van der Waals surface area contributed by atoms with Gasteiger partial charge in [-0.05, 0) is 43.5 Å². The predicted octanol–water partition coefficient (Wildman–Crippen LogP) is 3.95. The van der Waals surface area contributed by atoms with Crippen molar-refractivity contribution in [1.29, 1.82) is 5.26 Å². The number of rotatable bonds is 4. The van der Waals surface area contributed by atoms with Gasteiger partial charge in [0.1, 0.15) is 0 Å². The second-order valence-corrected chi connectivity index (χ2v) is 8.10. The molecule has 1 saturated heterocycles. The number of nitriles is 1. The van der Waals surface area contributed by atoms with Crippen molar-refractivity contribution in [2.24, 2.45) is 0 Å². The van der Waals surface area contributed by atoms with E-state index in [1.807, 2.05) is 24.3 Å². The molecule has 6 nitrogen and oxygen atoms in total. The minimum atomic E-state index is -0.202. The Morgan fingerprint density at radius 1 is 1.10 bits per heavy atom. The van der Waals surface area contributed by atoms with Crippen LogP contribution in [0.15, 0.2) is 65.7 Å². The Bertz CT molecular complexity index is 1200. The number of hydrogen-bond donors (Lipinski definition) is 0. The molecule has 0 spiro atoms. The minimum absolute atomic E-state index is 0.0776. The summed E-state index contributed by atoms with van der Waals surface area (Å²) in [6.07, 6.45) is 6.55. The summed E-state index contributed by atoms with van der Waals surface area (Å²) >= 11 is 0. The number of pyridine rings is 2. The van der Waals surface area contributed by atoms with E-state index in [2.05, 4.69) is 11.1 Å². The van der Waals surface area contributed by atoms with E-state index in [9.17, 15) is 14.9 Å². The van der Waals surface area contributed by atoms with Crippen molar-refractivity contribution < 1.29 is 9.28 Å². The first-order valence-corrected chi connectivity index (χ1v) is 10.6. The lowest BCUT2D eigenvalue weighted by molar-refractivity contribution is -0.881. The van der Waals surface area contributed by atoms with Gasteiger partial charge in [0, 0.05) is 29.1 Å². The third kappa shape index (κ3) is 4.05. The van der Waals surface area contributed by atoms with Gasteiger partial charge in [-0.1, -0.05) is 24.3 Å². The van der Waals surface area contributed by atoms with Crippen LogP contribution in [0.1, 0.15) is 31.7 Å². The standard InChI is InChI=1S/C25H25N4O2/c1-19(30)29(13-7-2-8-14-29)18-28-17-21(24-11-5-6-12-27-24)15-23(25(28)31)22-10-4-3-9-20(22)16-26/h3-6,9-12,15,17H,2,7-8,13-14,18H2,1H3/q+1. The summed E-state index contributed by atoms with van der Waals surface area (Å²) in [6.45, 7) is 3.38. The Morgan fingerprint density at radius 3 is 2.52 bits per heavy atom. The molecule has 3 heterocycles. The van der Waals surface area contributed by atoms with Crippen molar-refractivity contribution in [2.75, 3.05) is 13.1 Å². The maximum Gasteiger partial charge on any atom is 0.312 e. The van der Waals surface area contributed by atoms with E-state index in [0.717, 1.165) is 43.6 Å².